The molecule has 1 aromatic heterocycles. The van der Waals surface area contributed by atoms with Gasteiger partial charge in [-0.15, -0.1) is 0 Å². The van der Waals surface area contributed by atoms with Gasteiger partial charge in [0, 0.05) is 26.8 Å². The number of nitrogens with zero attached hydrogens (tertiary/aromatic N) is 2. The molecule has 2 N–H and O–H groups in total. The second kappa shape index (κ2) is 7.32. The molecule has 1 heterocycles. The fourth-order valence-electron chi connectivity index (χ4n) is 1.83. The van der Waals surface area contributed by atoms with Crippen molar-refractivity contribution in [2.75, 3.05) is 39.7 Å². The summed E-state index contributed by atoms with van der Waals surface area (Å²) in [6, 6.07) is -0.303. The summed E-state index contributed by atoms with van der Waals surface area (Å²) < 4.78 is 37.0. The molecule has 1 rings (SSSR count). The van der Waals surface area contributed by atoms with Gasteiger partial charge in [-0.05, 0) is 13.8 Å². The van der Waals surface area contributed by atoms with Crippen LogP contribution in [-0.2, 0) is 19.5 Å². The maximum absolute atomic E-state index is 12.7. The van der Waals surface area contributed by atoms with Gasteiger partial charge in [-0.3, -0.25) is 0 Å². The summed E-state index contributed by atoms with van der Waals surface area (Å²) in [6.45, 7) is 4.28. The number of sulfonamides is 1. The average Bonchev–Trinajstić information content (AvgIpc) is 2.69. The highest BCUT2D eigenvalue weighted by molar-refractivity contribution is 7.91. The number of ether oxygens (including phenoxy) is 2. The summed E-state index contributed by atoms with van der Waals surface area (Å²) in [5.74, 6) is 0. The van der Waals surface area contributed by atoms with E-state index in [-0.39, 0.29) is 21.9 Å². The number of aryl methyl sites for hydroxylation is 1. The quantitative estimate of drug-likeness (QED) is 0.757. The van der Waals surface area contributed by atoms with Crippen LogP contribution in [0, 0.1) is 6.92 Å². The average molecular weight is 323 g/mol. The van der Waals surface area contributed by atoms with Crippen LogP contribution >= 0.6 is 11.3 Å². The number of anilines is 1. The van der Waals surface area contributed by atoms with E-state index in [9.17, 15) is 8.42 Å². The molecule has 0 bridgehead atoms. The first kappa shape index (κ1) is 17.3. The number of aromatic nitrogens is 1. The molecule has 0 aliphatic heterocycles. The molecule has 0 saturated carbocycles. The number of methoxy groups -OCH3 is 2. The third kappa shape index (κ3) is 3.89. The monoisotopic (exact) mass is 323 g/mol. The van der Waals surface area contributed by atoms with Gasteiger partial charge in [0.15, 0.2) is 9.34 Å². The van der Waals surface area contributed by atoms with Crippen LogP contribution in [0.1, 0.15) is 12.6 Å². The Morgan fingerprint density at radius 1 is 1.40 bits per heavy atom. The molecule has 0 aromatic carbocycles. The summed E-state index contributed by atoms with van der Waals surface area (Å²) in [6.07, 6.45) is 0. The second-order valence-corrected chi connectivity index (χ2v) is 7.45. The third-order valence-electron chi connectivity index (χ3n) is 2.73. The van der Waals surface area contributed by atoms with Crippen molar-refractivity contribution in [1.82, 2.24) is 9.29 Å². The topological polar surface area (TPSA) is 94.8 Å². The molecule has 0 spiro atoms. The minimum absolute atomic E-state index is 0.175. The van der Waals surface area contributed by atoms with Gasteiger partial charge >= 0.3 is 0 Å². The highest BCUT2D eigenvalue weighted by Crippen LogP contribution is 2.29. The van der Waals surface area contributed by atoms with Crippen molar-refractivity contribution in [2.24, 2.45) is 0 Å². The number of rotatable bonds is 8. The van der Waals surface area contributed by atoms with E-state index in [4.69, 9.17) is 15.2 Å². The lowest BCUT2D eigenvalue weighted by molar-refractivity contribution is 0.119. The minimum atomic E-state index is -3.66. The standard InChI is InChI=1S/C11H21N3O4S2/c1-8(7-18-4)14(5-6-17-3)20(15,16)10-9(2)13-11(12)19-10/h8H,5-7H2,1-4H3,(H2,12,13). The van der Waals surface area contributed by atoms with Crippen molar-refractivity contribution in [3.05, 3.63) is 5.69 Å². The predicted molar refractivity (Wildman–Crippen MR) is 78.4 cm³/mol. The summed E-state index contributed by atoms with van der Waals surface area (Å²) in [4.78, 5) is 3.97. The molecular formula is C11H21N3O4S2. The number of nitrogens with two attached hydrogens (primary N) is 1. The van der Waals surface area contributed by atoms with Crippen molar-refractivity contribution in [3.8, 4) is 0 Å². The highest BCUT2D eigenvalue weighted by Gasteiger charge is 2.32. The summed E-state index contributed by atoms with van der Waals surface area (Å²) in [5.41, 5.74) is 6.00. The van der Waals surface area contributed by atoms with Gasteiger partial charge in [-0.1, -0.05) is 11.3 Å². The van der Waals surface area contributed by atoms with Gasteiger partial charge in [0.05, 0.1) is 18.9 Å². The molecule has 0 radical (unpaired) electrons. The van der Waals surface area contributed by atoms with E-state index < -0.39 is 10.0 Å². The summed E-state index contributed by atoms with van der Waals surface area (Å²) >= 11 is 0.974. The maximum atomic E-state index is 12.7. The molecule has 0 amide bonds. The Kier molecular flexibility index (Phi) is 6.34. The van der Waals surface area contributed by atoms with Crippen LogP contribution in [0.5, 0.6) is 0 Å². The Balaban J connectivity index is 3.13. The zero-order valence-corrected chi connectivity index (χ0v) is 13.8. The smallest absolute Gasteiger partial charge is 0.254 e. The molecule has 0 fully saturated rings. The zero-order chi connectivity index (χ0) is 15.3. The van der Waals surface area contributed by atoms with E-state index >= 15 is 0 Å². The van der Waals surface area contributed by atoms with Crippen LogP contribution in [0.2, 0.25) is 0 Å². The van der Waals surface area contributed by atoms with E-state index in [0.717, 1.165) is 11.3 Å². The van der Waals surface area contributed by atoms with E-state index in [1.165, 1.54) is 18.5 Å². The van der Waals surface area contributed by atoms with Gasteiger partial charge < -0.3 is 15.2 Å². The van der Waals surface area contributed by atoms with Gasteiger partial charge in [0.25, 0.3) is 10.0 Å². The third-order valence-corrected chi connectivity index (χ3v) is 6.32. The molecular weight excluding hydrogens is 302 g/mol. The fraction of sp³-hybridized carbons (Fsp3) is 0.727. The number of thiazole rings is 1. The minimum Gasteiger partial charge on any atom is -0.383 e. The molecule has 1 unspecified atom stereocenters. The highest BCUT2D eigenvalue weighted by atomic mass is 32.2. The Morgan fingerprint density at radius 2 is 2.05 bits per heavy atom. The Morgan fingerprint density at radius 3 is 2.50 bits per heavy atom. The number of hydrogen-bond donors (Lipinski definition) is 1. The Labute approximate surface area is 123 Å². The van der Waals surface area contributed by atoms with Crippen molar-refractivity contribution >= 4 is 26.5 Å². The first-order valence-corrected chi connectivity index (χ1v) is 8.32. The SMILES string of the molecule is COCCN(C(C)COC)S(=O)(=O)c1sc(N)nc1C. The van der Waals surface area contributed by atoms with E-state index in [2.05, 4.69) is 4.98 Å². The van der Waals surface area contributed by atoms with E-state index in [0.29, 0.717) is 18.9 Å². The first-order valence-electron chi connectivity index (χ1n) is 6.07. The lowest BCUT2D eigenvalue weighted by atomic mass is 10.3. The predicted octanol–water partition coefficient (Wildman–Crippen LogP) is 0.706. The van der Waals surface area contributed by atoms with Crippen LogP contribution in [0.4, 0.5) is 5.13 Å². The normalized spacial score (nSPS) is 13.8. The van der Waals surface area contributed by atoms with Crippen molar-refractivity contribution in [3.63, 3.8) is 0 Å². The molecule has 0 aliphatic rings. The first-order chi connectivity index (χ1) is 9.34. The van der Waals surface area contributed by atoms with Gasteiger partial charge in [0.2, 0.25) is 0 Å². The number of nitrogen functional groups attached to an aromatic ring is 1. The van der Waals surface area contributed by atoms with Crippen LogP contribution in [0.3, 0.4) is 0 Å². The lowest BCUT2D eigenvalue weighted by Gasteiger charge is -2.27. The second-order valence-electron chi connectivity index (χ2n) is 4.34. The molecule has 9 heteroatoms. The van der Waals surface area contributed by atoms with Crippen molar-refractivity contribution < 1.29 is 17.9 Å². The van der Waals surface area contributed by atoms with Crippen molar-refractivity contribution in [2.45, 2.75) is 24.1 Å². The number of hydrogen-bond acceptors (Lipinski definition) is 7. The van der Waals surface area contributed by atoms with Gasteiger partial charge in [-0.25, -0.2) is 13.4 Å². The van der Waals surface area contributed by atoms with Crippen LogP contribution < -0.4 is 5.73 Å². The molecule has 7 nitrogen and oxygen atoms in total. The van der Waals surface area contributed by atoms with Crippen molar-refractivity contribution in [1.29, 1.82) is 0 Å². The van der Waals surface area contributed by atoms with Crippen LogP contribution in [-0.4, -0.2) is 57.7 Å². The Hall–Kier alpha value is -0.740. The van der Waals surface area contributed by atoms with E-state index in [1.54, 1.807) is 13.8 Å². The molecule has 1 atom stereocenters. The molecule has 116 valence electrons. The van der Waals surface area contributed by atoms with Crippen LogP contribution in [0.15, 0.2) is 4.21 Å². The fourth-order valence-corrected chi connectivity index (χ4v) is 4.84. The maximum Gasteiger partial charge on any atom is 0.254 e. The lowest BCUT2D eigenvalue weighted by Crippen LogP contribution is -2.42. The zero-order valence-electron chi connectivity index (χ0n) is 12.1. The molecule has 20 heavy (non-hydrogen) atoms. The van der Waals surface area contributed by atoms with Crippen LogP contribution in [0.25, 0.3) is 0 Å². The molecule has 0 saturated heterocycles. The van der Waals surface area contributed by atoms with Gasteiger partial charge in [0.1, 0.15) is 0 Å². The molecule has 0 aliphatic carbocycles. The summed E-state index contributed by atoms with van der Waals surface area (Å²) in [7, 11) is -0.590. The summed E-state index contributed by atoms with van der Waals surface area (Å²) in [5, 5.41) is 0.243. The largest absolute Gasteiger partial charge is 0.383 e. The molecule has 1 aromatic rings. The Bertz CT molecular complexity index is 530. The van der Waals surface area contributed by atoms with Gasteiger partial charge in [-0.2, -0.15) is 4.31 Å². The van der Waals surface area contributed by atoms with E-state index in [1.807, 2.05) is 0 Å².